The molecule has 0 aromatic carbocycles. The molecule has 0 spiro atoms. The summed E-state index contributed by atoms with van der Waals surface area (Å²) in [5.41, 5.74) is 0. The molecule has 13 heavy (non-hydrogen) atoms. The molecule has 0 aliphatic carbocycles. The van der Waals surface area contributed by atoms with Gasteiger partial charge in [-0.2, -0.15) is 4.68 Å². The van der Waals surface area contributed by atoms with Crippen molar-refractivity contribution in [2.45, 2.75) is 12.6 Å². The summed E-state index contributed by atoms with van der Waals surface area (Å²) in [5.74, 6) is -0.152. The van der Waals surface area contributed by atoms with E-state index < -0.39 is 4.92 Å². The number of ether oxygens (including phenoxy) is 1. The maximum absolute atomic E-state index is 10.4. The maximum atomic E-state index is 10.4. The number of hydrogen-bond acceptors (Lipinski definition) is 4. The van der Waals surface area contributed by atoms with Gasteiger partial charge < -0.3 is 14.9 Å². The lowest BCUT2D eigenvalue weighted by molar-refractivity contribution is -0.390. The lowest BCUT2D eigenvalue weighted by Crippen LogP contribution is -2.04. The number of nitrogens with zero attached hydrogens (tertiary/aromatic N) is 3. The van der Waals surface area contributed by atoms with E-state index in [1.165, 1.54) is 4.68 Å². The summed E-state index contributed by atoms with van der Waals surface area (Å²) in [4.78, 5) is 9.89. The zero-order valence-electron chi connectivity index (χ0n) is 6.51. The quantitative estimate of drug-likeness (QED) is 0.453. The van der Waals surface area contributed by atoms with E-state index >= 15 is 0 Å². The van der Waals surface area contributed by atoms with Gasteiger partial charge in [0, 0.05) is 0 Å². The van der Waals surface area contributed by atoms with Crippen molar-refractivity contribution in [1.29, 1.82) is 0 Å². The molecule has 0 amide bonds. The van der Waals surface area contributed by atoms with Gasteiger partial charge >= 0.3 is 5.82 Å². The van der Waals surface area contributed by atoms with Crippen molar-refractivity contribution in [3.63, 3.8) is 0 Å². The van der Waals surface area contributed by atoms with Crippen LogP contribution in [0.1, 0.15) is 0 Å². The molecule has 1 aliphatic heterocycles. The molecule has 70 valence electrons. The highest BCUT2D eigenvalue weighted by molar-refractivity contribution is 9.10. The van der Waals surface area contributed by atoms with Gasteiger partial charge in [0.15, 0.2) is 0 Å². The molecule has 1 aliphatic rings. The second-order valence-electron chi connectivity index (χ2n) is 2.74. The highest BCUT2D eigenvalue weighted by atomic mass is 79.9. The van der Waals surface area contributed by atoms with Crippen LogP contribution < -0.4 is 0 Å². The van der Waals surface area contributed by atoms with E-state index in [-0.39, 0.29) is 11.9 Å². The second kappa shape index (κ2) is 3.08. The normalized spacial score (nSPS) is 20.2. The number of hydrogen-bond donors (Lipinski definition) is 0. The molecule has 6 nitrogen and oxygen atoms in total. The summed E-state index contributed by atoms with van der Waals surface area (Å²) >= 11 is 3.06. The van der Waals surface area contributed by atoms with Crippen LogP contribution in [0.15, 0.2) is 10.7 Å². The minimum absolute atomic E-state index is 0.152. The lowest BCUT2D eigenvalue weighted by Gasteiger charge is -1.88. The molecule has 0 bridgehead atoms. The van der Waals surface area contributed by atoms with Crippen molar-refractivity contribution in [3.05, 3.63) is 20.8 Å². The lowest BCUT2D eigenvalue weighted by atomic mass is 10.5. The molecule has 1 unspecified atom stereocenters. The molecule has 1 fully saturated rings. The Kier molecular flexibility index (Phi) is 2.04. The molecular weight excluding hydrogens is 242 g/mol. The summed E-state index contributed by atoms with van der Waals surface area (Å²) in [6, 6.07) is 0. The van der Waals surface area contributed by atoms with E-state index in [0.29, 0.717) is 17.6 Å². The fourth-order valence-electron chi connectivity index (χ4n) is 0.986. The Hall–Kier alpha value is -0.950. The average molecular weight is 248 g/mol. The summed E-state index contributed by atoms with van der Waals surface area (Å²) < 4.78 is 6.89. The first-order valence-electron chi connectivity index (χ1n) is 3.66. The molecule has 0 saturated carbocycles. The van der Waals surface area contributed by atoms with Crippen LogP contribution in [0.4, 0.5) is 5.82 Å². The van der Waals surface area contributed by atoms with Crippen LogP contribution in [0, 0.1) is 10.1 Å². The third-order valence-corrected chi connectivity index (χ3v) is 2.22. The largest absolute Gasteiger partial charge is 0.404 e. The molecule has 0 N–H and O–H groups in total. The first-order chi connectivity index (χ1) is 6.16. The highest BCUT2D eigenvalue weighted by Crippen LogP contribution is 2.23. The molecular formula is C6H6BrN3O3. The van der Waals surface area contributed by atoms with E-state index in [1.54, 1.807) is 6.20 Å². The third-order valence-electron chi connectivity index (χ3n) is 1.67. The molecule has 0 radical (unpaired) electrons. The summed E-state index contributed by atoms with van der Waals surface area (Å²) in [6.07, 6.45) is 1.76. The Bertz CT molecular complexity index is 347. The van der Waals surface area contributed by atoms with Gasteiger partial charge in [0.05, 0.1) is 24.4 Å². The van der Waals surface area contributed by atoms with Gasteiger partial charge in [-0.3, -0.25) is 0 Å². The predicted molar refractivity (Wildman–Crippen MR) is 46.3 cm³/mol. The second-order valence-corrected chi connectivity index (χ2v) is 3.59. The van der Waals surface area contributed by atoms with Crippen LogP contribution in [-0.2, 0) is 11.3 Å². The Morgan fingerprint density at radius 3 is 3.08 bits per heavy atom. The predicted octanol–water partition coefficient (Wildman–Crippen LogP) is 0.953. The minimum atomic E-state index is -0.520. The van der Waals surface area contributed by atoms with Gasteiger partial charge in [-0.1, -0.05) is 0 Å². The van der Waals surface area contributed by atoms with Gasteiger partial charge in [-0.25, -0.2) is 0 Å². The smallest absolute Gasteiger partial charge is 0.371 e. The summed E-state index contributed by atoms with van der Waals surface area (Å²) in [6.45, 7) is 1.29. The van der Waals surface area contributed by atoms with Crippen LogP contribution in [0.5, 0.6) is 0 Å². The van der Waals surface area contributed by atoms with E-state index in [9.17, 15) is 10.1 Å². The topological polar surface area (TPSA) is 73.5 Å². The van der Waals surface area contributed by atoms with E-state index in [0.717, 1.165) is 0 Å². The van der Waals surface area contributed by atoms with Crippen LogP contribution in [0.2, 0.25) is 0 Å². The van der Waals surface area contributed by atoms with Crippen LogP contribution in [0.3, 0.4) is 0 Å². The van der Waals surface area contributed by atoms with E-state index in [2.05, 4.69) is 21.0 Å². The molecule has 7 heteroatoms. The molecule has 2 rings (SSSR count). The first kappa shape index (κ1) is 8.64. The minimum Gasteiger partial charge on any atom is -0.371 e. The van der Waals surface area contributed by atoms with Crippen molar-refractivity contribution in [2.75, 3.05) is 6.61 Å². The summed E-state index contributed by atoms with van der Waals surface area (Å²) in [5, 5.41) is 14.2. The Balaban J connectivity index is 2.18. The third kappa shape index (κ3) is 1.86. The molecule has 2 heterocycles. The number of halogens is 1. The van der Waals surface area contributed by atoms with Crippen molar-refractivity contribution < 1.29 is 9.66 Å². The number of nitro groups is 1. The van der Waals surface area contributed by atoms with Gasteiger partial charge in [-0.15, -0.1) is 0 Å². The fraction of sp³-hybridized carbons (Fsp3) is 0.500. The summed E-state index contributed by atoms with van der Waals surface area (Å²) in [7, 11) is 0. The van der Waals surface area contributed by atoms with Crippen molar-refractivity contribution >= 4 is 21.7 Å². The SMILES string of the molecule is O=[N+]([O-])c1nn(CC2CO2)cc1Br. The van der Waals surface area contributed by atoms with E-state index in [1.807, 2.05) is 0 Å². The van der Waals surface area contributed by atoms with Crippen molar-refractivity contribution in [1.82, 2.24) is 9.78 Å². The Labute approximate surface area is 81.8 Å². The molecule has 1 aromatic heterocycles. The fourth-order valence-corrected chi connectivity index (χ4v) is 1.45. The number of rotatable bonds is 3. The van der Waals surface area contributed by atoms with Crippen LogP contribution in [0.25, 0.3) is 0 Å². The van der Waals surface area contributed by atoms with Crippen LogP contribution in [-0.4, -0.2) is 27.4 Å². The van der Waals surface area contributed by atoms with Gasteiger partial charge in [-0.05, 0) is 20.9 Å². The molecule has 1 saturated heterocycles. The van der Waals surface area contributed by atoms with Crippen LogP contribution >= 0.6 is 15.9 Å². The number of aromatic nitrogens is 2. The van der Waals surface area contributed by atoms with Gasteiger partial charge in [0.25, 0.3) is 0 Å². The molecule has 1 aromatic rings. The van der Waals surface area contributed by atoms with Crippen molar-refractivity contribution in [3.8, 4) is 0 Å². The number of epoxide rings is 1. The van der Waals surface area contributed by atoms with Gasteiger partial charge in [0.2, 0.25) is 0 Å². The standard InChI is InChI=1S/C6H6BrN3O3/c7-5-2-9(1-4-3-13-4)8-6(5)10(11)12/h2,4H,1,3H2. The monoisotopic (exact) mass is 247 g/mol. The first-order valence-corrected chi connectivity index (χ1v) is 4.45. The van der Waals surface area contributed by atoms with Gasteiger partial charge in [0.1, 0.15) is 10.6 Å². The zero-order valence-corrected chi connectivity index (χ0v) is 8.10. The van der Waals surface area contributed by atoms with E-state index in [4.69, 9.17) is 4.74 Å². The van der Waals surface area contributed by atoms with Crippen molar-refractivity contribution in [2.24, 2.45) is 0 Å². The molecule has 1 atom stereocenters. The Morgan fingerprint density at radius 1 is 1.92 bits per heavy atom. The maximum Gasteiger partial charge on any atom is 0.404 e. The highest BCUT2D eigenvalue weighted by Gasteiger charge is 2.27. The zero-order chi connectivity index (χ0) is 9.42. The average Bonchev–Trinajstić information content (AvgIpc) is 2.75. The Morgan fingerprint density at radius 2 is 2.62 bits per heavy atom.